The third-order valence-electron chi connectivity index (χ3n) is 3.12. The molecule has 0 aromatic heterocycles. The number of hydrogen-bond acceptors (Lipinski definition) is 2. The smallest absolute Gasteiger partial charge is 0.171 e. The molecule has 0 spiro atoms. The first-order valence-corrected chi connectivity index (χ1v) is 5.51. The van der Waals surface area contributed by atoms with Crippen LogP contribution in [0.5, 0.6) is 0 Å². The van der Waals surface area contributed by atoms with Gasteiger partial charge in [-0.2, -0.15) is 0 Å². The second-order valence-electron chi connectivity index (χ2n) is 4.14. The minimum Gasteiger partial charge on any atom is -0.294 e. The van der Waals surface area contributed by atoms with Gasteiger partial charge in [0.05, 0.1) is 0 Å². The van der Waals surface area contributed by atoms with E-state index < -0.39 is 5.92 Å². The molecule has 2 nitrogen and oxygen atoms in total. The molecule has 0 unspecified atom stereocenters. The topological polar surface area (TPSA) is 34.1 Å². The molecule has 0 saturated carbocycles. The van der Waals surface area contributed by atoms with Crippen molar-refractivity contribution in [3.63, 3.8) is 0 Å². The first kappa shape index (κ1) is 9.97. The van der Waals surface area contributed by atoms with Crippen LogP contribution < -0.4 is 0 Å². The van der Waals surface area contributed by atoms with E-state index in [1.165, 1.54) is 12.2 Å². The number of ketones is 2. The summed E-state index contributed by atoms with van der Waals surface area (Å²) in [7, 11) is 0. The Morgan fingerprint density at radius 1 is 0.765 bits per heavy atom. The molecule has 3 rings (SSSR count). The zero-order valence-corrected chi connectivity index (χ0v) is 9.09. The Hall–Kier alpha value is -2.22. The summed E-state index contributed by atoms with van der Waals surface area (Å²) in [6.07, 6.45) is 2.74. The Kier molecular flexibility index (Phi) is 2.15. The molecule has 0 heterocycles. The minimum absolute atomic E-state index is 0.119. The van der Waals surface area contributed by atoms with Crippen LogP contribution in [0, 0.1) is 0 Å². The number of benzene rings is 2. The molecule has 1 aliphatic carbocycles. The fourth-order valence-corrected chi connectivity index (χ4v) is 2.31. The van der Waals surface area contributed by atoms with Gasteiger partial charge >= 0.3 is 0 Å². The molecule has 2 heteroatoms. The maximum atomic E-state index is 11.7. The van der Waals surface area contributed by atoms with Gasteiger partial charge in [0.1, 0.15) is 5.92 Å². The molecule has 1 aliphatic rings. The Bertz CT molecular complexity index is 630. The van der Waals surface area contributed by atoms with Gasteiger partial charge in [-0.25, -0.2) is 0 Å². The highest BCUT2D eigenvalue weighted by Crippen LogP contribution is 2.30. The summed E-state index contributed by atoms with van der Waals surface area (Å²) in [4.78, 5) is 23.4. The average Bonchev–Trinajstić information content (AvgIpc) is 2.69. The predicted octanol–water partition coefficient (Wildman–Crippen LogP) is 2.63. The first-order valence-electron chi connectivity index (χ1n) is 5.51. The number of hydrogen-bond donors (Lipinski definition) is 0. The van der Waals surface area contributed by atoms with Crippen LogP contribution >= 0.6 is 0 Å². The van der Waals surface area contributed by atoms with E-state index in [2.05, 4.69) is 0 Å². The molecule has 2 aromatic carbocycles. The summed E-state index contributed by atoms with van der Waals surface area (Å²) in [5, 5.41) is 2.03. The molecule has 17 heavy (non-hydrogen) atoms. The number of rotatable bonds is 1. The Morgan fingerprint density at radius 3 is 2.18 bits per heavy atom. The van der Waals surface area contributed by atoms with E-state index in [0.717, 1.165) is 16.3 Å². The number of carbonyl (C=O) groups is 2. The van der Waals surface area contributed by atoms with Crippen LogP contribution in [0.25, 0.3) is 10.8 Å². The summed E-state index contributed by atoms with van der Waals surface area (Å²) >= 11 is 0. The van der Waals surface area contributed by atoms with Crippen molar-refractivity contribution in [1.82, 2.24) is 0 Å². The minimum atomic E-state index is -0.638. The number of fused-ring (bicyclic) bond motifs is 1. The van der Waals surface area contributed by atoms with E-state index in [0.29, 0.717) is 0 Å². The second-order valence-corrected chi connectivity index (χ2v) is 4.14. The maximum absolute atomic E-state index is 11.7. The zero-order chi connectivity index (χ0) is 11.8. The average molecular weight is 222 g/mol. The quantitative estimate of drug-likeness (QED) is 0.695. The number of carbonyl (C=O) groups excluding carboxylic acids is 2. The summed E-state index contributed by atoms with van der Waals surface area (Å²) in [5.41, 5.74) is 0.808. The normalized spacial score (nSPS) is 16.0. The molecule has 2 aromatic rings. The molecule has 0 atom stereocenters. The number of allylic oxidation sites excluding steroid dienone is 2. The van der Waals surface area contributed by atoms with Gasteiger partial charge in [-0.3, -0.25) is 9.59 Å². The predicted molar refractivity (Wildman–Crippen MR) is 65.8 cm³/mol. The fourth-order valence-electron chi connectivity index (χ4n) is 2.31. The molecule has 0 aliphatic heterocycles. The van der Waals surface area contributed by atoms with E-state index >= 15 is 0 Å². The van der Waals surface area contributed by atoms with Crippen LogP contribution in [-0.2, 0) is 9.59 Å². The van der Waals surface area contributed by atoms with E-state index in [-0.39, 0.29) is 11.6 Å². The van der Waals surface area contributed by atoms with Crippen LogP contribution in [0.2, 0.25) is 0 Å². The maximum Gasteiger partial charge on any atom is 0.171 e. The molecule has 0 saturated heterocycles. The van der Waals surface area contributed by atoms with E-state index in [9.17, 15) is 9.59 Å². The highest BCUT2D eigenvalue weighted by Gasteiger charge is 2.30. The molecular weight excluding hydrogens is 212 g/mol. The summed E-state index contributed by atoms with van der Waals surface area (Å²) in [6, 6.07) is 13.5. The van der Waals surface area contributed by atoms with Gasteiger partial charge < -0.3 is 0 Å². The highest BCUT2D eigenvalue weighted by molar-refractivity contribution is 6.23. The lowest BCUT2D eigenvalue weighted by Gasteiger charge is -2.10. The lowest BCUT2D eigenvalue weighted by Crippen LogP contribution is -2.13. The van der Waals surface area contributed by atoms with E-state index in [1.807, 2.05) is 42.5 Å². The second kappa shape index (κ2) is 3.67. The molecule has 82 valence electrons. The third-order valence-corrected chi connectivity index (χ3v) is 3.12. The van der Waals surface area contributed by atoms with Gasteiger partial charge in [0.25, 0.3) is 0 Å². The van der Waals surface area contributed by atoms with Crippen LogP contribution in [0.4, 0.5) is 0 Å². The van der Waals surface area contributed by atoms with Crippen molar-refractivity contribution in [2.24, 2.45) is 0 Å². The molecule has 0 amide bonds. The molecular formula is C15H10O2. The van der Waals surface area contributed by atoms with E-state index in [4.69, 9.17) is 0 Å². The largest absolute Gasteiger partial charge is 0.294 e. The Balaban J connectivity index is 2.24. The van der Waals surface area contributed by atoms with Crippen LogP contribution in [0.15, 0.2) is 54.6 Å². The summed E-state index contributed by atoms with van der Waals surface area (Å²) < 4.78 is 0. The van der Waals surface area contributed by atoms with Gasteiger partial charge in [0.15, 0.2) is 11.6 Å². The molecule has 0 bridgehead atoms. The first-order chi connectivity index (χ1) is 8.27. The lowest BCUT2D eigenvalue weighted by atomic mass is 9.90. The molecule has 0 radical (unpaired) electrons. The van der Waals surface area contributed by atoms with Crippen molar-refractivity contribution in [3.8, 4) is 0 Å². The van der Waals surface area contributed by atoms with Crippen LogP contribution in [-0.4, -0.2) is 11.6 Å². The van der Waals surface area contributed by atoms with Gasteiger partial charge in [0.2, 0.25) is 0 Å². The summed E-state index contributed by atoms with van der Waals surface area (Å²) in [6.45, 7) is 0. The Labute approximate surface area is 98.6 Å². The van der Waals surface area contributed by atoms with Gasteiger partial charge in [-0.15, -0.1) is 0 Å². The van der Waals surface area contributed by atoms with Gasteiger partial charge in [0, 0.05) is 0 Å². The van der Waals surface area contributed by atoms with Crippen LogP contribution in [0.3, 0.4) is 0 Å². The standard InChI is InChI=1S/C15H10O2/c16-13-8-9-14(17)15(13)12-7-3-5-10-4-1-2-6-11(10)12/h1-9,15H. The third kappa shape index (κ3) is 1.49. The van der Waals surface area contributed by atoms with Gasteiger partial charge in [-0.1, -0.05) is 42.5 Å². The van der Waals surface area contributed by atoms with Crippen molar-refractivity contribution in [2.45, 2.75) is 5.92 Å². The van der Waals surface area contributed by atoms with Crippen molar-refractivity contribution in [2.75, 3.05) is 0 Å². The van der Waals surface area contributed by atoms with Crippen molar-refractivity contribution < 1.29 is 9.59 Å². The van der Waals surface area contributed by atoms with Crippen LogP contribution in [0.1, 0.15) is 11.5 Å². The highest BCUT2D eigenvalue weighted by atomic mass is 16.2. The molecule has 0 N–H and O–H groups in total. The molecule has 0 fully saturated rings. The fraction of sp³-hybridized carbons (Fsp3) is 0.0667. The zero-order valence-electron chi connectivity index (χ0n) is 9.09. The SMILES string of the molecule is O=C1C=CC(=O)C1c1cccc2ccccc12. The monoisotopic (exact) mass is 222 g/mol. The Morgan fingerprint density at radius 2 is 1.41 bits per heavy atom. The van der Waals surface area contributed by atoms with Gasteiger partial charge in [-0.05, 0) is 28.5 Å². The van der Waals surface area contributed by atoms with Crippen molar-refractivity contribution in [1.29, 1.82) is 0 Å². The van der Waals surface area contributed by atoms with Crippen molar-refractivity contribution in [3.05, 3.63) is 60.2 Å². The van der Waals surface area contributed by atoms with Crippen molar-refractivity contribution >= 4 is 22.3 Å². The lowest BCUT2D eigenvalue weighted by molar-refractivity contribution is -0.122. The summed E-state index contributed by atoms with van der Waals surface area (Å²) in [5.74, 6) is -0.876. The van der Waals surface area contributed by atoms with E-state index in [1.54, 1.807) is 0 Å².